The maximum absolute atomic E-state index is 6.36. The van der Waals surface area contributed by atoms with Gasteiger partial charge in [-0.1, -0.05) is 36.4 Å². The molecule has 0 heterocycles. The van der Waals surface area contributed by atoms with E-state index in [2.05, 4.69) is 78.9 Å². The van der Waals surface area contributed by atoms with Gasteiger partial charge in [-0.25, -0.2) is 0 Å². The van der Waals surface area contributed by atoms with Crippen LogP contribution in [0.1, 0.15) is 28.3 Å². The molecule has 2 aromatic carbocycles. The maximum atomic E-state index is 6.36. The topological polar surface area (TPSA) is 26.0 Å². The summed E-state index contributed by atoms with van der Waals surface area (Å²) in [4.78, 5) is 0. The summed E-state index contributed by atoms with van der Waals surface area (Å²) in [5.74, 6) is 0. The van der Waals surface area contributed by atoms with E-state index in [1.807, 2.05) is 0 Å². The highest BCUT2D eigenvalue weighted by molar-refractivity contribution is 14.1. The van der Waals surface area contributed by atoms with Gasteiger partial charge in [0.25, 0.3) is 0 Å². The van der Waals surface area contributed by atoms with Crippen molar-refractivity contribution in [2.75, 3.05) is 0 Å². The van der Waals surface area contributed by atoms with Crippen molar-refractivity contribution >= 4 is 22.6 Å². The van der Waals surface area contributed by atoms with Crippen molar-refractivity contribution in [3.05, 3.63) is 68.3 Å². The molecule has 0 saturated carbocycles. The zero-order valence-electron chi connectivity index (χ0n) is 10.8. The molecule has 1 atom stereocenters. The van der Waals surface area contributed by atoms with Gasteiger partial charge in [-0.3, -0.25) is 0 Å². The quantitative estimate of drug-likeness (QED) is 0.826. The Hall–Kier alpha value is -0.870. The fourth-order valence-electron chi connectivity index (χ4n) is 2.28. The highest BCUT2D eigenvalue weighted by atomic mass is 127. The molecule has 0 spiro atoms. The van der Waals surface area contributed by atoms with Gasteiger partial charge in [0.15, 0.2) is 0 Å². The van der Waals surface area contributed by atoms with Gasteiger partial charge in [-0.15, -0.1) is 0 Å². The molecule has 0 aliphatic carbocycles. The third-order valence-electron chi connectivity index (χ3n) is 3.37. The van der Waals surface area contributed by atoms with Gasteiger partial charge in [0.05, 0.1) is 0 Å². The first-order chi connectivity index (χ1) is 8.59. The van der Waals surface area contributed by atoms with Gasteiger partial charge < -0.3 is 5.73 Å². The Morgan fingerprint density at radius 2 is 1.61 bits per heavy atom. The van der Waals surface area contributed by atoms with Crippen LogP contribution in [-0.2, 0) is 6.42 Å². The average molecular weight is 351 g/mol. The minimum Gasteiger partial charge on any atom is -0.324 e. The Labute approximate surface area is 123 Å². The lowest BCUT2D eigenvalue weighted by molar-refractivity contribution is 0.712. The van der Waals surface area contributed by atoms with Crippen LogP contribution in [0.2, 0.25) is 0 Å². The second-order valence-corrected chi connectivity index (χ2v) is 5.86. The van der Waals surface area contributed by atoms with Crippen molar-refractivity contribution in [3.63, 3.8) is 0 Å². The van der Waals surface area contributed by atoms with E-state index in [9.17, 15) is 0 Å². The normalized spacial score (nSPS) is 12.4. The molecule has 0 aromatic heterocycles. The van der Waals surface area contributed by atoms with E-state index in [-0.39, 0.29) is 6.04 Å². The summed E-state index contributed by atoms with van der Waals surface area (Å²) < 4.78 is 1.24. The molecule has 94 valence electrons. The smallest absolute Gasteiger partial charge is 0.0346 e. The number of nitrogens with two attached hydrogens (primary N) is 1. The molecule has 1 nitrogen and oxygen atoms in total. The van der Waals surface area contributed by atoms with E-state index in [1.54, 1.807) is 0 Å². The van der Waals surface area contributed by atoms with Crippen molar-refractivity contribution in [2.24, 2.45) is 5.73 Å². The Balaban J connectivity index is 2.27. The first-order valence-electron chi connectivity index (χ1n) is 6.14. The summed E-state index contributed by atoms with van der Waals surface area (Å²) in [6.07, 6.45) is 0.901. The molecule has 1 unspecified atom stereocenters. The second kappa shape index (κ2) is 5.85. The van der Waals surface area contributed by atoms with Crippen LogP contribution < -0.4 is 5.73 Å². The summed E-state index contributed by atoms with van der Waals surface area (Å²) in [5, 5.41) is 0. The molecule has 0 aliphatic heterocycles. The SMILES string of the molecule is Cc1cccc(C)c1CC(N)c1ccccc1I. The Kier molecular flexibility index (Phi) is 4.40. The first-order valence-corrected chi connectivity index (χ1v) is 7.22. The van der Waals surface area contributed by atoms with E-state index in [0.29, 0.717) is 0 Å². The molecule has 0 aliphatic rings. The predicted molar refractivity (Wildman–Crippen MR) is 85.7 cm³/mol. The van der Waals surface area contributed by atoms with E-state index < -0.39 is 0 Å². The van der Waals surface area contributed by atoms with Crippen LogP contribution in [0.5, 0.6) is 0 Å². The molecule has 0 fully saturated rings. The number of halogens is 1. The molecule has 2 aromatic rings. The largest absolute Gasteiger partial charge is 0.324 e. The van der Waals surface area contributed by atoms with Crippen LogP contribution >= 0.6 is 22.6 Å². The van der Waals surface area contributed by atoms with Crippen LogP contribution in [-0.4, -0.2) is 0 Å². The molecule has 0 radical (unpaired) electrons. The summed E-state index contributed by atoms with van der Waals surface area (Å²) in [5.41, 5.74) is 11.6. The van der Waals surface area contributed by atoms with Crippen LogP contribution in [0, 0.1) is 17.4 Å². The molecular formula is C16H18IN. The van der Waals surface area contributed by atoms with Crippen molar-refractivity contribution in [3.8, 4) is 0 Å². The molecule has 2 heteroatoms. The van der Waals surface area contributed by atoms with Gasteiger partial charge in [-0.05, 0) is 71.2 Å². The zero-order chi connectivity index (χ0) is 13.1. The fourth-order valence-corrected chi connectivity index (χ4v) is 3.06. The van der Waals surface area contributed by atoms with Gasteiger partial charge in [-0.2, -0.15) is 0 Å². The predicted octanol–water partition coefficient (Wildman–Crippen LogP) is 4.15. The van der Waals surface area contributed by atoms with Crippen LogP contribution in [0.25, 0.3) is 0 Å². The van der Waals surface area contributed by atoms with Crippen molar-refractivity contribution in [1.29, 1.82) is 0 Å². The number of hydrogen-bond donors (Lipinski definition) is 1. The summed E-state index contributed by atoms with van der Waals surface area (Å²) in [6.45, 7) is 4.32. The van der Waals surface area contributed by atoms with Gasteiger partial charge in [0, 0.05) is 9.61 Å². The van der Waals surface area contributed by atoms with E-state index in [4.69, 9.17) is 5.73 Å². The maximum Gasteiger partial charge on any atom is 0.0346 e. The number of benzene rings is 2. The lowest BCUT2D eigenvalue weighted by Gasteiger charge is -2.17. The zero-order valence-corrected chi connectivity index (χ0v) is 12.9. The Morgan fingerprint density at radius 1 is 1.00 bits per heavy atom. The molecule has 0 bridgehead atoms. The molecule has 18 heavy (non-hydrogen) atoms. The minimum atomic E-state index is 0.0675. The highest BCUT2D eigenvalue weighted by Gasteiger charge is 2.12. The van der Waals surface area contributed by atoms with Crippen LogP contribution in [0.15, 0.2) is 42.5 Å². The van der Waals surface area contributed by atoms with Crippen molar-refractivity contribution in [1.82, 2.24) is 0 Å². The summed E-state index contributed by atoms with van der Waals surface area (Å²) >= 11 is 2.36. The molecule has 0 amide bonds. The summed E-state index contributed by atoms with van der Waals surface area (Å²) in [6, 6.07) is 14.8. The van der Waals surface area contributed by atoms with Gasteiger partial charge in [0.1, 0.15) is 0 Å². The molecule has 2 N–H and O–H groups in total. The van der Waals surface area contributed by atoms with E-state index in [0.717, 1.165) is 6.42 Å². The highest BCUT2D eigenvalue weighted by Crippen LogP contribution is 2.24. The van der Waals surface area contributed by atoms with Gasteiger partial charge >= 0.3 is 0 Å². The Bertz CT molecular complexity index is 528. The molecule has 0 saturated heterocycles. The number of aryl methyl sites for hydroxylation is 2. The summed E-state index contributed by atoms with van der Waals surface area (Å²) in [7, 11) is 0. The lowest BCUT2D eigenvalue weighted by Crippen LogP contribution is -2.16. The van der Waals surface area contributed by atoms with Crippen LogP contribution in [0.4, 0.5) is 0 Å². The minimum absolute atomic E-state index is 0.0675. The number of rotatable bonds is 3. The van der Waals surface area contributed by atoms with Crippen molar-refractivity contribution < 1.29 is 0 Å². The monoisotopic (exact) mass is 351 g/mol. The lowest BCUT2D eigenvalue weighted by atomic mass is 9.93. The third kappa shape index (κ3) is 2.93. The fraction of sp³-hybridized carbons (Fsp3) is 0.250. The molecule has 2 rings (SSSR count). The van der Waals surface area contributed by atoms with E-state index >= 15 is 0 Å². The number of hydrogen-bond acceptors (Lipinski definition) is 1. The first kappa shape index (κ1) is 13.6. The van der Waals surface area contributed by atoms with E-state index in [1.165, 1.54) is 25.8 Å². The second-order valence-electron chi connectivity index (χ2n) is 4.70. The van der Waals surface area contributed by atoms with Crippen molar-refractivity contribution in [2.45, 2.75) is 26.3 Å². The Morgan fingerprint density at radius 3 is 2.22 bits per heavy atom. The van der Waals surface area contributed by atoms with Crippen LogP contribution in [0.3, 0.4) is 0 Å². The average Bonchev–Trinajstić information content (AvgIpc) is 2.34. The third-order valence-corrected chi connectivity index (χ3v) is 4.36. The molecular weight excluding hydrogens is 333 g/mol. The van der Waals surface area contributed by atoms with Gasteiger partial charge in [0.2, 0.25) is 0 Å². The standard InChI is InChI=1S/C16H18IN/c1-11-6-5-7-12(2)14(11)10-16(18)13-8-3-4-9-15(13)17/h3-9,16H,10,18H2,1-2H3.